The van der Waals surface area contributed by atoms with E-state index in [1.807, 2.05) is 6.92 Å². The number of carboxylic acids is 1. The van der Waals surface area contributed by atoms with Crippen molar-refractivity contribution in [1.29, 1.82) is 0 Å². The van der Waals surface area contributed by atoms with Crippen LogP contribution in [0.1, 0.15) is 35.6 Å². The molecule has 0 aliphatic carbocycles. The highest BCUT2D eigenvalue weighted by Gasteiger charge is 2.17. The van der Waals surface area contributed by atoms with Crippen LogP contribution in [0, 0.1) is 13.8 Å². The van der Waals surface area contributed by atoms with Gasteiger partial charge in [-0.3, -0.25) is 9.69 Å². The van der Waals surface area contributed by atoms with Crippen LogP contribution in [0.3, 0.4) is 0 Å². The summed E-state index contributed by atoms with van der Waals surface area (Å²) in [6.07, 6.45) is 0.204. The van der Waals surface area contributed by atoms with Gasteiger partial charge in [-0.1, -0.05) is 6.92 Å². The molecule has 1 rings (SSSR count). The van der Waals surface area contributed by atoms with Gasteiger partial charge < -0.3 is 5.11 Å². The maximum absolute atomic E-state index is 10.7. The average Bonchev–Trinajstić information content (AvgIpc) is 2.52. The Hall–Kier alpha value is -0.870. The fraction of sp³-hybridized carbons (Fsp3) is 0.615. The summed E-state index contributed by atoms with van der Waals surface area (Å²) < 4.78 is 0. The number of thiophene rings is 1. The molecular weight excluding hydrogens is 234 g/mol. The first-order valence-electron chi connectivity index (χ1n) is 5.95. The molecule has 0 aliphatic rings. The van der Waals surface area contributed by atoms with Gasteiger partial charge in [0.2, 0.25) is 0 Å². The minimum absolute atomic E-state index is 0.0807. The summed E-state index contributed by atoms with van der Waals surface area (Å²) in [6, 6.07) is 2.29. The molecule has 1 atom stereocenters. The van der Waals surface area contributed by atoms with Gasteiger partial charge in [0.25, 0.3) is 0 Å². The highest BCUT2D eigenvalue weighted by atomic mass is 32.1. The number of hydrogen-bond acceptors (Lipinski definition) is 3. The lowest BCUT2D eigenvalue weighted by molar-refractivity contribution is -0.138. The second-order valence-electron chi connectivity index (χ2n) is 4.45. The summed E-state index contributed by atoms with van der Waals surface area (Å²) in [5.41, 5.74) is 1.33. The summed E-state index contributed by atoms with van der Waals surface area (Å²) in [6.45, 7) is 10.0. The Balaban J connectivity index is 2.69. The lowest BCUT2D eigenvalue weighted by Crippen LogP contribution is -2.34. The lowest BCUT2D eigenvalue weighted by Gasteiger charge is -2.26. The van der Waals surface area contributed by atoms with E-state index >= 15 is 0 Å². The van der Waals surface area contributed by atoms with Crippen molar-refractivity contribution in [2.45, 2.75) is 46.7 Å². The number of aliphatic carboxylic acids is 1. The van der Waals surface area contributed by atoms with Crippen molar-refractivity contribution in [2.24, 2.45) is 0 Å². The minimum atomic E-state index is -0.728. The molecule has 0 bridgehead atoms. The number of nitrogens with zero attached hydrogens (tertiary/aromatic N) is 1. The van der Waals surface area contributed by atoms with Crippen molar-refractivity contribution in [2.75, 3.05) is 6.54 Å². The van der Waals surface area contributed by atoms with Crippen LogP contribution in [0.15, 0.2) is 6.07 Å². The molecule has 0 amide bonds. The van der Waals surface area contributed by atoms with E-state index in [0.717, 1.165) is 13.1 Å². The zero-order chi connectivity index (χ0) is 13.0. The highest BCUT2D eigenvalue weighted by molar-refractivity contribution is 7.12. The van der Waals surface area contributed by atoms with E-state index in [-0.39, 0.29) is 12.5 Å². The van der Waals surface area contributed by atoms with Gasteiger partial charge in [-0.2, -0.15) is 0 Å². The van der Waals surface area contributed by atoms with Crippen LogP contribution >= 0.6 is 11.3 Å². The first-order valence-corrected chi connectivity index (χ1v) is 6.77. The third kappa shape index (κ3) is 4.13. The molecule has 1 heterocycles. The third-order valence-corrected chi connectivity index (χ3v) is 4.02. The number of rotatable bonds is 6. The average molecular weight is 255 g/mol. The Morgan fingerprint density at radius 3 is 2.59 bits per heavy atom. The molecule has 3 nitrogen and oxygen atoms in total. The molecule has 17 heavy (non-hydrogen) atoms. The van der Waals surface area contributed by atoms with Crippen LogP contribution in [0.5, 0.6) is 0 Å². The lowest BCUT2D eigenvalue weighted by atomic mass is 10.1. The van der Waals surface area contributed by atoms with Gasteiger partial charge in [-0.15, -0.1) is 11.3 Å². The third-order valence-electron chi connectivity index (χ3n) is 3.02. The second-order valence-corrected chi connectivity index (χ2v) is 5.91. The van der Waals surface area contributed by atoms with E-state index in [1.165, 1.54) is 15.3 Å². The Kier molecular flexibility index (Phi) is 5.15. The van der Waals surface area contributed by atoms with Crippen LogP contribution in [-0.4, -0.2) is 28.6 Å². The van der Waals surface area contributed by atoms with Crippen molar-refractivity contribution in [3.8, 4) is 0 Å². The Bertz CT molecular complexity index is 387. The Morgan fingerprint density at radius 2 is 2.18 bits per heavy atom. The first-order chi connectivity index (χ1) is 7.93. The molecule has 4 heteroatoms. The molecule has 96 valence electrons. The fourth-order valence-electron chi connectivity index (χ4n) is 2.02. The molecule has 0 fully saturated rings. The maximum Gasteiger partial charge on any atom is 0.304 e. The summed E-state index contributed by atoms with van der Waals surface area (Å²) in [4.78, 5) is 15.6. The maximum atomic E-state index is 10.7. The van der Waals surface area contributed by atoms with Crippen LogP contribution in [0.4, 0.5) is 0 Å². The van der Waals surface area contributed by atoms with Gasteiger partial charge in [0.15, 0.2) is 0 Å². The zero-order valence-electron chi connectivity index (χ0n) is 11.0. The van der Waals surface area contributed by atoms with E-state index in [4.69, 9.17) is 5.11 Å². The summed E-state index contributed by atoms with van der Waals surface area (Å²) in [5, 5.41) is 8.83. The zero-order valence-corrected chi connectivity index (χ0v) is 11.8. The Morgan fingerprint density at radius 1 is 1.53 bits per heavy atom. The summed E-state index contributed by atoms with van der Waals surface area (Å²) >= 11 is 1.80. The van der Waals surface area contributed by atoms with E-state index in [9.17, 15) is 4.79 Å². The van der Waals surface area contributed by atoms with Gasteiger partial charge in [0, 0.05) is 22.3 Å². The van der Waals surface area contributed by atoms with Crippen molar-refractivity contribution >= 4 is 17.3 Å². The van der Waals surface area contributed by atoms with Crippen LogP contribution < -0.4 is 0 Å². The van der Waals surface area contributed by atoms with Gasteiger partial charge in [0.05, 0.1) is 6.42 Å². The SMILES string of the molecule is CCN(Cc1cc(C)sc1C)C(C)CC(=O)O. The molecular formula is C13H21NO2S. The largest absolute Gasteiger partial charge is 0.481 e. The number of aryl methyl sites for hydroxylation is 2. The minimum Gasteiger partial charge on any atom is -0.481 e. The molecule has 0 saturated heterocycles. The van der Waals surface area contributed by atoms with E-state index in [2.05, 4.69) is 31.7 Å². The second kappa shape index (κ2) is 6.17. The smallest absolute Gasteiger partial charge is 0.304 e. The molecule has 0 aromatic carbocycles. The van der Waals surface area contributed by atoms with E-state index < -0.39 is 5.97 Å². The predicted molar refractivity (Wildman–Crippen MR) is 71.6 cm³/mol. The van der Waals surface area contributed by atoms with Crippen molar-refractivity contribution in [3.63, 3.8) is 0 Å². The van der Waals surface area contributed by atoms with Crippen LogP contribution in [-0.2, 0) is 11.3 Å². The monoisotopic (exact) mass is 255 g/mol. The molecule has 0 spiro atoms. The Labute approximate surface area is 107 Å². The number of carboxylic acid groups (broad SMARTS) is 1. The van der Waals surface area contributed by atoms with E-state index in [0.29, 0.717) is 0 Å². The molecule has 1 unspecified atom stereocenters. The van der Waals surface area contributed by atoms with Gasteiger partial charge >= 0.3 is 5.97 Å². The molecule has 0 aliphatic heterocycles. The molecule has 0 radical (unpaired) electrons. The topological polar surface area (TPSA) is 40.5 Å². The van der Waals surface area contributed by atoms with Crippen LogP contribution in [0.25, 0.3) is 0 Å². The molecule has 0 saturated carbocycles. The molecule has 1 aromatic heterocycles. The van der Waals surface area contributed by atoms with Crippen LogP contribution in [0.2, 0.25) is 0 Å². The highest BCUT2D eigenvalue weighted by Crippen LogP contribution is 2.23. The van der Waals surface area contributed by atoms with Crippen molar-refractivity contribution < 1.29 is 9.90 Å². The van der Waals surface area contributed by atoms with Crippen molar-refractivity contribution in [1.82, 2.24) is 4.90 Å². The normalized spacial score (nSPS) is 13.0. The summed E-state index contributed by atoms with van der Waals surface area (Å²) in [7, 11) is 0. The fourth-order valence-corrected chi connectivity index (χ4v) is 2.96. The number of hydrogen-bond donors (Lipinski definition) is 1. The summed E-state index contributed by atoms with van der Waals surface area (Å²) in [5.74, 6) is -0.728. The van der Waals surface area contributed by atoms with Gasteiger partial charge in [-0.25, -0.2) is 0 Å². The van der Waals surface area contributed by atoms with Crippen molar-refractivity contribution in [3.05, 3.63) is 21.4 Å². The van der Waals surface area contributed by atoms with E-state index in [1.54, 1.807) is 11.3 Å². The predicted octanol–water partition coefficient (Wildman–Crippen LogP) is 3.05. The first kappa shape index (κ1) is 14.2. The number of carbonyl (C=O) groups is 1. The standard InChI is InChI=1S/C13H21NO2S/c1-5-14(9(2)6-13(15)16)8-12-7-10(3)17-11(12)4/h7,9H,5-6,8H2,1-4H3,(H,15,16). The quantitative estimate of drug-likeness (QED) is 0.849. The molecule has 1 N–H and O–H groups in total. The van der Waals surface area contributed by atoms with Gasteiger partial charge in [0.1, 0.15) is 0 Å². The van der Waals surface area contributed by atoms with Gasteiger partial charge in [-0.05, 0) is 38.9 Å². The molecule has 1 aromatic rings.